The predicted octanol–water partition coefficient (Wildman–Crippen LogP) is 1.94. The van der Waals surface area contributed by atoms with Crippen LogP contribution in [0.5, 0.6) is 0 Å². The summed E-state index contributed by atoms with van der Waals surface area (Å²) in [5, 5.41) is 3.54. The maximum absolute atomic E-state index is 5.46. The quantitative estimate of drug-likeness (QED) is 0.638. The maximum Gasteiger partial charge on any atom is 0.0700 e. The molecule has 1 N–H and O–H groups in total. The largest absolute Gasteiger partial charge is 0.377 e. The first-order valence-electron chi connectivity index (χ1n) is 5.19. The standard InChI is InChI=1S/C10H21NO/c1-3-4-5-7-11-10-6-8-12-9(10)2/h9-11H,3-8H2,1-2H3/t9-,10-/m1/s1. The molecule has 0 aromatic carbocycles. The van der Waals surface area contributed by atoms with E-state index in [0.717, 1.165) is 13.2 Å². The molecule has 0 aromatic rings. The van der Waals surface area contributed by atoms with Crippen LogP contribution in [0.4, 0.5) is 0 Å². The summed E-state index contributed by atoms with van der Waals surface area (Å²) in [5.41, 5.74) is 0. The van der Waals surface area contributed by atoms with Gasteiger partial charge in [0.05, 0.1) is 6.10 Å². The minimum Gasteiger partial charge on any atom is -0.377 e. The first-order chi connectivity index (χ1) is 5.84. The maximum atomic E-state index is 5.46. The van der Waals surface area contributed by atoms with Gasteiger partial charge >= 0.3 is 0 Å². The molecule has 1 heterocycles. The summed E-state index contributed by atoms with van der Waals surface area (Å²) in [5.74, 6) is 0. The van der Waals surface area contributed by atoms with Crippen molar-refractivity contribution in [3.8, 4) is 0 Å². The summed E-state index contributed by atoms with van der Waals surface area (Å²) in [6.07, 6.45) is 5.56. The molecule has 0 spiro atoms. The molecule has 0 radical (unpaired) electrons. The molecule has 2 nitrogen and oxygen atoms in total. The second-order valence-corrected chi connectivity index (χ2v) is 3.63. The van der Waals surface area contributed by atoms with Crippen molar-refractivity contribution in [1.82, 2.24) is 5.32 Å². The van der Waals surface area contributed by atoms with Gasteiger partial charge in [-0.3, -0.25) is 0 Å². The number of rotatable bonds is 5. The van der Waals surface area contributed by atoms with E-state index in [4.69, 9.17) is 4.74 Å². The Bertz CT molecular complexity index is 116. The van der Waals surface area contributed by atoms with Crippen LogP contribution in [0.2, 0.25) is 0 Å². The molecule has 1 aliphatic heterocycles. The lowest BCUT2D eigenvalue weighted by molar-refractivity contribution is 0.113. The molecule has 2 heteroatoms. The number of unbranched alkanes of at least 4 members (excludes halogenated alkanes) is 2. The van der Waals surface area contributed by atoms with Gasteiger partial charge in [0.25, 0.3) is 0 Å². The Hall–Kier alpha value is -0.0800. The number of hydrogen-bond donors (Lipinski definition) is 1. The molecule has 0 aliphatic carbocycles. The molecule has 72 valence electrons. The summed E-state index contributed by atoms with van der Waals surface area (Å²) >= 11 is 0. The van der Waals surface area contributed by atoms with E-state index in [9.17, 15) is 0 Å². The normalized spacial score (nSPS) is 29.5. The Morgan fingerprint density at radius 1 is 1.42 bits per heavy atom. The lowest BCUT2D eigenvalue weighted by Gasteiger charge is -2.15. The first-order valence-corrected chi connectivity index (χ1v) is 5.19. The van der Waals surface area contributed by atoms with Crippen LogP contribution >= 0.6 is 0 Å². The molecule has 0 amide bonds. The predicted molar refractivity (Wildman–Crippen MR) is 51.3 cm³/mol. The summed E-state index contributed by atoms with van der Waals surface area (Å²) in [6, 6.07) is 0.613. The third-order valence-corrected chi connectivity index (χ3v) is 2.56. The molecule has 1 rings (SSSR count). The summed E-state index contributed by atoms with van der Waals surface area (Å²) in [6.45, 7) is 6.49. The number of nitrogens with one attached hydrogen (secondary N) is 1. The fourth-order valence-corrected chi connectivity index (χ4v) is 1.66. The molecule has 0 bridgehead atoms. The molecule has 1 aliphatic rings. The Kier molecular flexibility index (Phi) is 4.62. The van der Waals surface area contributed by atoms with Gasteiger partial charge in [0.15, 0.2) is 0 Å². The van der Waals surface area contributed by atoms with Gasteiger partial charge in [0.1, 0.15) is 0 Å². The second kappa shape index (κ2) is 5.55. The lowest BCUT2D eigenvalue weighted by Crippen LogP contribution is -2.35. The van der Waals surface area contributed by atoms with Crippen molar-refractivity contribution in [2.24, 2.45) is 0 Å². The van der Waals surface area contributed by atoms with E-state index in [2.05, 4.69) is 19.2 Å². The van der Waals surface area contributed by atoms with Crippen molar-refractivity contribution >= 4 is 0 Å². The molecular weight excluding hydrogens is 150 g/mol. The van der Waals surface area contributed by atoms with Gasteiger partial charge < -0.3 is 10.1 Å². The highest BCUT2D eigenvalue weighted by molar-refractivity contribution is 4.78. The summed E-state index contributed by atoms with van der Waals surface area (Å²) < 4.78 is 5.46. The van der Waals surface area contributed by atoms with Crippen molar-refractivity contribution in [1.29, 1.82) is 0 Å². The molecule has 12 heavy (non-hydrogen) atoms. The van der Waals surface area contributed by atoms with Gasteiger partial charge in [0, 0.05) is 12.6 Å². The minimum atomic E-state index is 0.423. The van der Waals surface area contributed by atoms with Crippen LogP contribution in [0, 0.1) is 0 Å². The zero-order chi connectivity index (χ0) is 8.81. The van der Waals surface area contributed by atoms with E-state index in [1.165, 1.54) is 25.7 Å². The van der Waals surface area contributed by atoms with Crippen molar-refractivity contribution in [2.75, 3.05) is 13.2 Å². The molecule has 1 fully saturated rings. The monoisotopic (exact) mass is 171 g/mol. The number of hydrogen-bond acceptors (Lipinski definition) is 2. The van der Waals surface area contributed by atoms with Gasteiger partial charge in [-0.05, 0) is 26.3 Å². The van der Waals surface area contributed by atoms with Crippen molar-refractivity contribution in [2.45, 2.75) is 51.7 Å². The average Bonchev–Trinajstić information content (AvgIpc) is 2.46. The van der Waals surface area contributed by atoms with E-state index in [0.29, 0.717) is 12.1 Å². The van der Waals surface area contributed by atoms with Crippen LogP contribution < -0.4 is 5.32 Å². The third kappa shape index (κ3) is 3.11. The van der Waals surface area contributed by atoms with Crippen LogP contribution in [0.3, 0.4) is 0 Å². The van der Waals surface area contributed by atoms with Crippen LogP contribution in [0.25, 0.3) is 0 Å². The van der Waals surface area contributed by atoms with Crippen LogP contribution in [-0.2, 0) is 4.74 Å². The van der Waals surface area contributed by atoms with Gasteiger partial charge in [-0.2, -0.15) is 0 Å². The summed E-state index contributed by atoms with van der Waals surface area (Å²) in [4.78, 5) is 0. The molecule has 0 aromatic heterocycles. The van der Waals surface area contributed by atoms with Crippen LogP contribution in [-0.4, -0.2) is 25.3 Å². The van der Waals surface area contributed by atoms with Crippen LogP contribution in [0.1, 0.15) is 39.5 Å². The van der Waals surface area contributed by atoms with E-state index in [1.807, 2.05) is 0 Å². The third-order valence-electron chi connectivity index (χ3n) is 2.56. The molecule has 0 unspecified atom stereocenters. The second-order valence-electron chi connectivity index (χ2n) is 3.63. The number of ether oxygens (including phenoxy) is 1. The molecular formula is C10H21NO. The Labute approximate surface area is 75.7 Å². The van der Waals surface area contributed by atoms with Crippen LogP contribution in [0.15, 0.2) is 0 Å². The van der Waals surface area contributed by atoms with Crippen molar-refractivity contribution < 1.29 is 4.74 Å². The smallest absolute Gasteiger partial charge is 0.0700 e. The fraction of sp³-hybridized carbons (Fsp3) is 1.00. The van der Waals surface area contributed by atoms with E-state index < -0.39 is 0 Å². The Morgan fingerprint density at radius 3 is 2.83 bits per heavy atom. The van der Waals surface area contributed by atoms with E-state index in [1.54, 1.807) is 0 Å². The zero-order valence-corrected chi connectivity index (χ0v) is 8.31. The minimum absolute atomic E-state index is 0.423. The van der Waals surface area contributed by atoms with Crippen molar-refractivity contribution in [3.63, 3.8) is 0 Å². The molecule has 2 atom stereocenters. The Morgan fingerprint density at radius 2 is 2.25 bits per heavy atom. The highest BCUT2D eigenvalue weighted by Gasteiger charge is 2.22. The zero-order valence-electron chi connectivity index (χ0n) is 8.31. The van der Waals surface area contributed by atoms with Gasteiger partial charge in [0.2, 0.25) is 0 Å². The van der Waals surface area contributed by atoms with E-state index >= 15 is 0 Å². The molecule has 1 saturated heterocycles. The van der Waals surface area contributed by atoms with Gasteiger partial charge in [-0.1, -0.05) is 19.8 Å². The molecule has 0 saturated carbocycles. The lowest BCUT2D eigenvalue weighted by atomic mass is 10.1. The topological polar surface area (TPSA) is 21.3 Å². The SMILES string of the molecule is CCCCCN[C@@H]1CCO[C@@H]1C. The summed E-state index contributed by atoms with van der Waals surface area (Å²) in [7, 11) is 0. The average molecular weight is 171 g/mol. The highest BCUT2D eigenvalue weighted by atomic mass is 16.5. The fourth-order valence-electron chi connectivity index (χ4n) is 1.66. The first kappa shape index (κ1) is 10.0. The van der Waals surface area contributed by atoms with Gasteiger partial charge in [-0.15, -0.1) is 0 Å². The van der Waals surface area contributed by atoms with Gasteiger partial charge in [-0.25, -0.2) is 0 Å². The van der Waals surface area contributed by atoms with E-state index in [-0.39, 0.29) is 0 Å². The van der Waals surface area contributed by atoms with Crippen molar-refractivity contribution in [3.05, 3.63) is 0 Å². The Balaban J connectivity index is 1.98. The highest BCUT2D eigenvalue weighted by Crippen LogP contribution is 2.12.